The Bertz CT molecular complexity index is 670. The van der Waals surface area contributed by atoms with Crippen LogP contribution in [0.4, 0.5) is 11.6 Å². The highest BCUT2D eigenvalue weighted by molar-refractivity contribution is 5.99. The van der Waals surface area contributed by atoms with Gasteiger partial charge in [0.1, 0.15) is 5.52 Å². The number of nitrogens with two attached hydrogens (primary N) is 2. The number of hydrogen-bond acceptors (Lipinski definition) is 3. The SMILES string of the molecule is Nc1nc2c(-c3ccccc3)c(N)ccc2[nH]1. The highest BCUT2D eigenvalue weighted by Crippen LogP contribution is 2.32. The van der Waals surface area contributed by atoms with Gasteiger partial charge in [0.15, 0.2) is 5.95 Å². The van der Waals surface area contributed by atoms with Gasteiger partial charge in [0.05, 0.1) is 5.52 Å². The largest absolute Gasteiger partial charge is 0.398 e. The first-order valence-electron chi connectivity index (χ1n) is 5.35. The quantitative estimate of drug-likeness (QED) is 0.555. The Morgan fingerprint density at radius 1 is 0.941 bits per heavy atom. The van der Waals surface area contributed by atoms with Crippen molar-refractivity contribution in [1.29, 1.82) is 0 Å². The molecule has 4 heteroatoms. The van der Waals surface area contributed by atoms with Crippen LogP contribution < -0.4 is 11.5 Å². The van der Waals surface area contributed by atoms with E-state index < -0.39 is 0 Å². The maximum absolute atomic E-state index is 6.03. The average molecular weight is 224 g/mol. The summed E-state index contributed by atoms with van der Waals surface area (Å²) in [7, 11) is 0. The Labute approximate surface area is 98.3 Å². The first kappa shape index (κ1) is 9.72. The zero-order chi connectivity index (χ0) is 11.8. The fourth-order valence-corrected chi connectivity index (χ4v) is 2.02. The van der Waals surface area contributed by atoms with Crippen molar-refractivity contribution >= 4 is 22.7 Å². The molecule has 0 spiro atoms. The Kier molecular flexibility index (Phi) is 2.01. The molecule has 1 aromatic heterocycles. The molecule has 0 saturated heterocycles. The van der Waals surface area contributed by atoms with Gasteiger partial charge in [0.25, 0.3) is 0 Å². The number of rotatable bonds is 1. The van der Waals surface area contributed by atoms with Crippen LogP contribution in [0.3, 0.4) is 0 Å². The van der Waals surface area contributed by atoms with Crippen molar-refractivity contribution in [2.45, 2.75) is 0 Å². The van der Waals surface area contributed by atoms with Gasteiger partial charge in [0.2, 0.25) is 0 Å². The van der Waals surface area contributed by atoms with Crippen LogP contribution in [0.2, 0.25) is 0 Å². The van der Waals surface area contributed by atoms with Crippen molar-refractivity contribution in [2.75, 3.05) is 11.5 Å². The fraction of sp³-hybridized carbons (Fsp3) is 0. The van der Waals surface area contributed by atoms with E-state index in [9.17, 15) is 0 Å². The highest BCUT2D eigenvalue weighted by Gasteiger charge is 2.10. The number of H-pyrrole nitrogens is 1. The number of anilines is 2. The van der Waals surface area contributed by atoms with Gasteiger partial charge < -0.3 is 16.5 Å². The molecule has 0 fully saturated rings. The standard InChI is InChI=1S/C13H12N4/c14-9-6-7-10-12(17-13(15)16-10)11(9)8-4-2-1-3-5-8/h1-7H,14H2,(H3,15,16,17). The van der Waals surface area contributed by atoms with Crippen LogP contribution in [-0.4, -0.2) is 9.97 Å². The molecule has 0 aliphatic carbocycles. The molecule has 17 heavy (non-hydrogen) atoms. The van der Waals surface area contributed by atoms with Crippen molar-refractivity contribution in [2.24, 2.45) is 0 Å². The fourth-order valence-electron chi connectivity index (χ4n) is 2.02. The number of imidazole rings is 1. The second kappa shape index (κ2) is 3.52. The van der Waals surface area contributed by atoms with Gasteiger partial charge in [-0.15, -0.1) is 0 Å². The Morgan fingerprint density at radius 2 is 1.71 bits per heavy atom. The normalized spacial score (nSPS) is 10.8. The third-order valence-electron chi connectivity index (χ3n) is 2.77. The van der Waals surface area contributed by atoms with Gasteiger partial charge in [-0.2, -0.15) is 0 Å². The van der Waals surface area contributed by atoms with E-state index in [2.05, 4.69) is 9.97 Å². The number of nitrogens with zero attached hydrogens (tertiary/aromatic N) is 1. The monoisotopic (exact) mass is 224 g/mol. The molecule has 5 N–H and O–H groups in total. The molecule has 0 aliphatic rings. The molecule has 0 radical (unpaired) electrons. The van der Waals surface area contributed by atoms with Crippen molar-refractivity contribution in [3.8, 4) is 11.1 Å². The lowest BCUT2D eigenvalue weighted by molar-refractivity contribution is 1.35. The second-order valence-corrected chi connectivity index (χ2v) is 3.91. The molecule has 0 bridgehead atoms. The molecule has 4 nitrogen and oxygen atoms in total. The molecule has 3 rings (SSSR count). The number of fused-ring (bicyclic) bond motifs is 1. The van der Waals surface area contributed by atoms with Crippen molar-refractivity contribution in [3.05, 3.63) is 42.5 Å². The number of nitrogens with one attached hydrogen (secondary N) is 1. The summed E-state index contributed by atoms with van der Waals surface area (Å²) in [6.07, 6.45) is 0. The van der Waals surface area contributed by atoms with Crippen LogP contribution in [0.5, 0.6) is 0 Å². The zero-order valence-corrected chi connectivity index (χ0v) is 9.14. The van der Waals surface area contributed by atoms with Crippen LogP contribution in [-0.2, 0) is 0 Å². The van der Waals surface area contributed by atoms with E-state index in [1.165, 1.54) is 0 Å². The van der Waals surface area contributed by atoms with Crippen LogP contribution in [0.15, 0.2) is 42.5 Å². The molecule has 1 heterocycles. The first-order chi connectivity index (χ1) is 8.25. The van der Waals surface area contributed by atoms with Crippen LogP contribution in [0.1, 0.15) is 0 Å². The van der Waals surface area contributed by atoms with E-state index >= 15 is 0 Å². The van der Waals surface area contributed by atoms with Gasteiger partial charge in [-0.25, -0.2) is 4.98 Å². The summed E-state index contributed by atoms with van der Waals surface area (Å²) in [5.41, 5.74) is 16.1. The summed E-state index contributed by atoms with van der Waals surface area (Å²) in [6, 6.07) is 13.7. The number of nitrogen functional groups attached to an aromatic ring is 2. The highest BCUT2D eigenvalue weighted by atomic mass is 15.0. The third-order valence-corrected chi connectivity index (χ3v) is 2.77. The number of aromatic amines is 1. The van der Waals surface area contributed by atoms with Gasteiger partial charge in [0, 0.05) is 11.3 Å². The number of hydrogen-bond donors (Lipinski definition) is 3. The lowest BCUT2D eigenvalue weighted by Crippen LogP contribution is -1.91. The topological polar surface area (TPSA) is 80.7 Å². The van der Waals surface area contributed by atoms with Crippen LogP contribution in [0, 0.1) is 0 Å². The summed E-state index contributed by atoms with van der Waals surface area (Å²) in [5.74, 6) is 0.405. The first-order valence-corrected chi connectivity index (χ1v) is 5.35. The summed E-state index contributed by atoms with van der Waals surface area (Å²) in [6.45, 7) is 0. The Hall–Kier alpha value is -2.49. The number of benzene rings is 2. The van der Waals surface area contributed by atoms with E-state index in [1.54, 1.807) is 0 Å². The minimum Gasteiger partial charge on any atom is -0.398 e. The summed E-state index contributed by atoms with van der Waals surface area (Å²) in [5, 5.41) is 0. The van der Waals surface area contributed by atoms with Crippen molar-refractivity contribution in [3.63, 3.8) is 0 Å². The maximum Gasteiger partial charge on any atom is 0.198 e. The third kappa shape index (κ3) is 1.50. The molecule has 0 saturated carbocycles. The predicted molar refractivity (Wildman–Crippen MR) is 70.4 cm³/mol. The minimum atomic E-state index is 0.405. The van der Waals surface area contributed by atoms with E-state index in [4.69, 9.17) is 11.5 Å². The second-order valence-electron chi connectivity index (χ2n) is 3.91. The molecule has 84 valence electrons. The lowest BCUT2D eigenvalue weighted by atomic mass is 10.0. The van der Waals surface area contributed by atoms with Crippen molar-refractivity contribution in [1.82, 2.24) is 9.97 Å². The Morgan fingerprint density at radius 3 is 2.47 bits per heavy atom. The average Bonchev–Trinajstić information content (AvgIpc) is 2.70. The smallest absolute Gasteiger partial charge is 0.198 e. The van der Waals surface area contributed by atoms with Gasteiger partial charge in [-0.05, 0) is 17.7 Å². The zero-order valence-electron chi connectivity index (χ0n) is 9.14. The van der Waals surface area contributed by atoms with Crippen LogP contribution >= 0.6 is 0 Å². The Balaban J connectivity index is 2.38. The van der Waals surface area contributed by atoms with Gasteiger partial charge >= 0.3 is 0 Å². The number of aromatic nitrogens is 2. The van der Waals surface area contributed by atoms with Gasteiger partial charge in [-0.3, -0.25) is 0 Å². The van der Waals surface area contributed by atoms with E-state index in [-0.39, 0.29) is 0 Å². The maximum atomic E-state index is 6.03. The molecular weight excluding hydrogens is 212 g/mol. The molecule has 0 unspecified atom stereocenters. The summed E-state index contributed by atoms with van der Waals surface area (Å²) < 4.78 is 0. The summed E-state index contributed by atoms with van der Waals surface area (Å²) >= 11 is 0. The molecule has 0 amide bonds. The van der Waals surface area contributed by atoms with Crippen molar-refractivity contribution < 1.29 is 0 Å². The van der Waals surface area contributed by atoms with Gasteiger partial charge in [-0.1, -0.05) is 30.3 Å². The minimum absolute atomic E-state index is 0.405. The lowest BCUT2D eigenvalue weighted by Gasteiger charge is -2.06. The molecule has 3 aromatic rings. The van der Waals surface area contributed by atoms with E-state index in [1.807, 2.05) is 42.5 Å². The van der Waals surface area contributed by atoms with Crippen LogP contribution in [0.25, 0.3) is 22.2 Å². The molecule has 0 aliphatic heterocycles. The molecular formula is C13H12N4. The molecule has 2 aromatic carbocycles. The van der Waals surface area contributed by atoms with E-state index in [0.717, 1.165) is 22.2 Å². The predicted octanol–water partition coefficient (Wildman–Crippen LogP) is 2.39. The van der Waals surface area contributed by atoms with E-state index in [0.29, 0.717) is 11.6 Å². The summed E-state index contributed by atoms with van der Waals surface area (Å²) in [4.78, 5) is 7.30. The molecule has 0 atom stereocenters.